The minimum atomic E-state index is -0.732. The maximum Gasteiger partial charge on any atom is 0.343 e. The van der Waals surface area contributed by atoms with Gasteiger partial charge in [-0.15, -0.1) is 0 Å². The highest BCUT2D eigenvalue weighted by Crippen LogP contribution is 2.30. The van der Waals surface area contributed by atoms with Crippen LogP contribution in [0.2, 0.25) is 0 Å². The van der Waals surface area contributed by atoms with Gasteiger partial charge in [-0.25, -0.2) is 4.79 Å². The molecule has 1 N–H and O–H groups in total. The summed E-state index contributed by atoms with van der Waals surface area (Å²) in [5.74, 6) is -0.898. The van der Waals surface area contributed by atoms with Crippen molar-refractivity contribution >= 4 is 29.3 Å². The average molecular weight is 457 g/mol. The minimum absolute atomic E-state index is 0.170. The number of aryl methyl sites for hydroxylation is 1. The van der Waals surface area contributed by atoms with Gasteiger partial charge in [0.1, 0.15) is 11.6 Å². The summed E-state index contributed by atoms with van der Waals surface area (Å²) in [6.45, 7) is 1.68. The van der Waals surface area contributed by atoms with E-state index in [1.165, 1.54) is 43.5 Å². The average Bonchev–Trinajstić information content (AvgIpc) is 2.84. The first-order valence-electron chi connectivity index (χ1n) is 9.96. The fourth-order valence-electron chi connectivity index (χ4n) is 2.95. The molecule has 3 aromatic carbocycles. The molecule has 9 nitrogen and oxygen atoms in total. The Balaban J connectivity index is 1.82. The van der Waals surface area contributed by atoms with E-state index in [1.807, 2.05) is 6.07 Å². The number of hydrogen-bond donors (Lipinski definition) is 1. The molecule has 3 aromatic rings. The van der Waals surface area contributed by atoms with Crippen LogP contribution in [-0.4, -0.2) is 23.9 Å². The molecule has 0 spiro atoms. The molecule has 0 aliphatic carbocycles. The molecule has 0 bridgehead atoms. The number of esters is 1. The second kappa shape index (κ2) is 10.6. The molecule has 0 heterocycles. The summed E-state index contributed by atoms with van der Waals surface area (Å²) in [6, 6.07) is 18.9. The third kappa shape index (κ3) is 5.63. The Kier molecular flexibility index (Phi) is 7.36. The summed E-state index contributed by atoms with van der Waals surface area (Å²) in [7, 11) is 1.39. The number of nitriles is 1. The van der Waals surface area contributed by atoms with Crippen LogP contribution < -0.4 is 14.8 Å². The molecule has 34 heavy (non-hydrogen) atoms. The van der Waals surface area contributed by atoms with Crippen LogP contribution in [0.5, 0.6) is 11.5 Å². The van der Waals surface area contributed by atoms with E-state index in [1.54, 1.807) is 43.3 Å². The quantitative estimate of drug-likeness (QED) is 0.136. The number of hydrogen-bond acceptors (Lipinski definition) is 7. The fraction of sp³-hybridized carbons (Fsp3) is 0.0800. The topological polar surface area (TPSA) is 132 Å². The van der Waals surface area contributed by atoms with E-state index >= 15 is 0 Å². The molecule has 1 amide bonds. The molecule has 0 saturated heterocycles. The van der Waals surface area contributed by atoms with Crippen LogP contribution in [0.4, 0.5) is 11.4 Å². The van der Waals surface area contributed by atoms with Crippen molar-refractivity contribution in [3.63, 3.8) is 0 Å². The number of nitro benzene ring substituents is 1. The standard InChI is InChI=1S/C25H19N3O6/c1-16-8-10-20(28(31)32)14-21(16)27-24(29)19(15-26)12-17-9-11-22(23(13-17)33-2)34-25(30)18-6-4-3-5-7-18/h3-14H,1-2H3,(H,27,29)/b19-12+. The lowest BCUT2D eigenvalue weighted by molar-refractivity contribution is -0.384. The summed E-state index contributed by atoms with van der Waals surface area (Å²) >= 11 is 0. The molecular formula is C25H19N3O6. The molecule has 0 aliphatic heterocycles. The van der Waals surface area contributed by atoms with Crippen LogP contribution in [0.15, 0.2) is 72.3 Å². The zero-order valence-electron chi connectivity index (χ0n) is 18.3. The van der Waals surface area contributed by atoms with E-state index in [2.05, 4.69) is 5.32 Å². The lowest BCUT2D eigenvalue weighted by Gasteiger charge is -2.10. The number of ether oxygens (including phenoxy) is 2. The molecule has 0 fully saturated rings. The summed E-state index contributed by atoms with van der Waals surface area (Å²) in [5, 5.41) is 23.0. The third-order valence-electron chi connectivity index (χ3n) is 4.76. The largest absolute Gasteiger partial charge is 0.493 e. The predicted molar refractivity (Wildman–Crippen MR) is 124 cm³/mol. The number of carbonyl (C=O) groups excluding carboxylic acids is 2. The Morgan fingerprint density at radius 2 is 1.79 bits per heavy atom. The van der Waals surface area contributed by atoms with Gasteiger partial charge >= 0.3 is 5.97 Å². The summed E-state index contributed by atoms with van der Waals surface area (Å²) < 4.78 is 10.7. The Bertz CT molecular complexity index is 1330. The Morgan fingerprint density at radius 3 is 2.44 bits per heavy atom. The van der Waals surface area contributed by atoms with Crippen LogP contribution >= 0.6 is 0 Å². The second-order valence-electron chi connectivity index (χ2n) is 7.05. The highest BCUT2D eigenvalue weighted by molar-refractivity contribution is 6.10. The van der Waals surface area contributed by atoms with E-state index in [9.17, 15) is 25.0 Å². The van der Waals surface area contributed by atoms with Gasteiger partial charge in [0.15, 0.2) is 11.5 Å². The van der Waals surface area contributed by atoms with Gasteiger partial charge in [0, 0.05) is 12.1 Å². The first kappa shape index (κ1) is 23.7. The molecular weight excluding hydrogens is 438 g/mol. The lowest BCUT2D eigenvalue weighted by atomic mass is 10.1. The summed E-state index contributed by atoms with van der Waals surface area (Å²) in [5.41, 5.74) is 1.21. The molecule has 3 rings (SSSR count). The van der Waals surface area contributed by atoms with Crippen molar-refractivity contribution in [2.45, 2.75) is 6.92 Å². The van der Waals surface area contributed by atoms with Crippen LogP contribution in [0, 0.1) is 28.4 Å². The SMILES string of the molecule is COc1cc(/C=C(\C#N)C(=O)Nc2cc([N+](=O)[O-])ccc2C)ccc1OC(=O)c1ccccc1. The van der Waals surface area contributed by atoms with E-state index in [0.717, 1.165) is 0 Å². The Hall–Kier alpha value is -4.97. The number of non-ortho nitro benzene ring substituents is 1. The van der Waals surface area contributed by atoms with Gasteiger partial charge in [0.25, 0.3) is 11.6 Å². The molecule has 0 saturated carbocycles. The maximum atomic E-state index is 12.6. The van der Waals surface area contributed by atoms with Gasteiger partial charge in [-0.3, -0.25) is 14.9 Å². The molecule has 9 heteroatoms. The number of anilines is 1. The van der Waals surface area contributed by atoms with Crippen molar-refractivity contribution in [3.8, 4) is 17.6 Å². The van der Waals surface area contributed by atoms with Gasteiger partial charge < -0.3 is 14.8 Å². The first-order chi connectivity index (χ1) is 16.3. The number of nitro groups is 1. The summed E-state index contributed by atoms with van der Waals surface area (Å²) in [6.07, 6.45) is 1.33. The first-order valence-corrected chi connectivity index (χ1v) is 9.96. The highest BCUT2D eigenvalue weighted by atomic mass is 16.6. The van der Waals surface area contributed by atoms with E-state index in [0.29, 0.717) is 16.7 Å². The van der Waals surface area contributed by atoms with Gasteiger partial charge in [0.2, 0.25) is 0 Å². The van der Waals surface area contributed by atoms with Crippen molar-refractivity contribution in [2.75, 3.05) is 12.4 Å². The van der Waals surface area contributed by atoms with Crippen molar-refractivity contribution in [2.24, 2.45) is 0 Å². The predicted octanol–water partition coefficient (Wildman–Crippen LogP) is 4.68. The van der Waals surface area contributed by atoms with Gasteiger partial charge in [-0.1, -0.05) is 30.3 Å². The van der Waals surface area contributed by atoms with Crippen LogP contribution in [0.1, 0.15) is 21.5 Å². The van der Waals surface area contributed by atoms with Crippen molar-refractivity contribution < 1.29 is 24.0 Å². The van der Waals surface area contributed by atoms with Gasteiger partial charge in [-0.05, 0) is 48.4 Å². The highest BCUT2D eigenvalue weighted by Gasteiger charge is 2.16. The zero-order chi connectivity index (χ0) is 24.7. The fourth-order valence-corrected chi connectivity index (χ4v) is 2.95. The zero-order valence-corrected chi connectivity index (χ0v) is 18.3. The van der Waals surface area contributed by atoms with Crippen LogP contribution in [0.3, 0.4) is 0 Å². The van der Waals surface area contributed by atoms with Crippen LogP contribution in [-0.2, 0) is 4.79 Å². The molecule has 0 atom stereocenters. The molecule has 0 aromatic heterocycles. The number of nitrogens with zero attached hydrogens (tertiary/aromatic N) is 2. The monoisotopic (exact) mass is 457 g/mol. The van der Waals surface area contributed by atoms with E-state index in [4.69, 9.17) is 9.47 Å². The summed E-state index contributed by atoms with van der Waals surface area (Å²) in [4.78, 5) is 35.4. The van der Waals surface area contributed by atoms with Crippen molar-refractivity contribution in [1.82, 2.24) is 0 Å². The van der Waals surface area contributed by atoms with Crippen molar-refractivity contribution in [3.05, 3.63) is 99.1 Å². The molecule has 0 aliphatic rings. The number of amides is 1. The Morgan fingerprint density at radius 1 is 1.06 bits per heavy atom. The normalized spacial score (nSPS) is 10.7. The number of methoxy groups -OCH3 is 1. The van der Waals surface area contributed by atoms with Crippen molar-refractivity contribution in [1.29, 1.82) is 5.26 Å². The number of nitrogens with one attached hydrogen (secondary N) is 1. The number of carbonyl (C=O) groups is 2. The lowest BCUT2D eigenvalue weighted by Crippen LogP contribution is -2.14. The molecule has 0 unspecified atom stereocenters. The number of benzene rings is 3. The Labute approximate surface area is 195 Å². The molecule has 170 valence electrons. The molecule has 0 radical (unpaired) electrons. The minimum Gasteiger partial charge on any atom is -0.493 e. The maximum absolute atomic E-state index is 12.6. The van der Waals surface area contributed by atoms with Gasteiger partial charge in [0.05, 0.1) is 23.3 Å². The van der Waals surface area contributed by atoms with Crippen LogP contribution in [0.25, 0.3) is 6.08 Å². The van der Waals surface area contributed by atoms with E-state index < -0.39 is 16.8 Å². The van der Waals surface area contributed by atoms with E-state index in [-0.39, 0.29) is 28.4 Å². The smallest absolute Gasteiger partial charge is 0.343 e. The third-order valence-corrected chi connectivity index (χ3v) is 4.76. The number of rotatable bonds is 7. The van der Waals surface area contributed by atoms with Gasteiger partial charge in [-0.2, -0.15) is 5.26 Å². The second-order valence-corrected chi connectivity index (χ2v) is 7.05.